The standard InChI is InChI=1S/C25H26N4O/c1-17-12-18(2)21(19(3)13-17)15-29-23-10-6-5-9-22(23)27-24(29)16-28(4)25(30)20-8-7-11-26-14-20/h5-14H,15-16H2,1-4H3. The molecule has 152 valence electrons. The predicted molar refractivity (Wildman–Crippen MR) is 120 cm³/mol. The molecule has 2 aromatic carbocycles. The van der Waals surface area contributed by atoms with Gasteiger partial charge in [-0.25, -0.2) is 4.98 Å². The number of carbonyl (C=O) groups is 1. The Bertz CT molecular complexity index is 1190. The van der Waals surface area contributed by atoms with E-state index in [1.807, 2.05) is 18.2 Å². The van der Waals surface area contributed by atoms with Crippen molar-refractivity contribution >= 4 is 16.9 Å². The zero-order valence-electron chi connectivity index (χ0n) is 17.9. The first kappa shape index (κ1) is 19.8. The first-order valence-electron chi connectivity index (χ1n) is 10.1. The Kier molecular flexibility index (Phi) is 5.36. The zero-order chi connectivity index (χ0) is 21.3. The van der Waals surface area contributed by atoms with E-state index >= 15 is 0 Å². The number of fused-ring (bicyclic) bond motifs is 1. The lowest BCUT2D eigenvalue weighted by Gasteiger charge is -2.19. The van der Waals surface area contributed by atoms with Crippen molar-refractivity contribution in [1.82, 2.24) is 19.4 Å². The first-order chi connectivity index (χ1) is 14.4. The monoisotopic (exact) mass is 398 g/mol. The molecule has 0 saturated carbocycles. The molecule has 2 heterocycles. The maximum atomic E-state index is 12.8. The number of nitrogens with zero attached hydrogens (tertiary/aromatic N) is 4. The molecule has 0 N–H and O–H groups in total. The van der Waals surface area contributed by atoms with Gasteiger partial charge >= 0.3 is 0 Å². The zero-order valence-corrected chi connectivity index (χ0v) is 17.9. The normalized spacial score (nSPS) is 11.1. The molecule has 5 nitrogen and oxygen atoms in total. The lowest BCUT2D eigenvalue weighted by Crippen LogP contribution is -2.28. The molecule has 30 heavy (non-hydrogen) atoms. The Morgan fingerprint density at radius 3 is 2.47 bits per heavy atom. The van der Waals surface area contributed by atoms with Crippen LogP contribution in [0.1, 0.15) is 38.4 Å². The molecule has 0 fully saturated rings. The van der Waals surface area contributed by atoms with E-state index in [-0.39, 0.29) is 5.91 Å². The van der Waals surface area contributed by atoms with Crippen molar-refractivity contribution in [2.75, 3.05) is 7.05 Å². The van der Waals surface area contributed by atoms with E-state index in [9.17, 15) is 4.79 Å². The van der Waals surface area contributed by atoms with Crippen molar-refractivity contribution < 1.29 is 4.79 Å². The highest BCUT2D eigenvalue weighted by Gasteiger charge is 2.18. The Hall–Kier alpha value is -3.47. The molecule has 0 saturated heterocycles. The third-order valence-electron chi connectivity index (χ3n) is 5.52. The summed E-state index contributed by atoms with van der Waals surface area (Å²) < 4.78 is 2.23. The Morgan fingerprint density at radius 1 is 1.03 bits per heavy atom. The van der Waals surface area contributed by atoms with Crippen LogP contribution in [0, 0.1) is 20.8 Å². The molecule has 0 unspecified atom stereocenters. The van der Waals surface area contributed by atoms with E-state index in [1.54, 1.807) is 36.5 Å². The van der Waals surface area contributed by atoms with Gasteiger partial charge in [-0.05, 0) is 61.7 Å². The molecule has 4 rings (SSSR count). The summed E-state index contributed by atoms with van der Waals surface area (Å²) >= 11 is 0. The number of carbonyl (C=O) groups excluding carboxylic acids is 1. The lowest BCUT2D eigenvalue weighted by atomic mass is 9.99. The Labute approximate surface area is 177 Å². The molecule has 5 heteroatoms. The van der Waals surface area contributed by atoms with Crippen molar-refractivity contribution in [3.8, 4) is 0 Å². The smallest absolute Gasteiger partial charge is 0.255 e. The molecular weight excluding hydrogens is 372 g/mol. The number of imidazole rings is 1. The fourth-order valence-electron chi connectivity index (χ4n) is 4.03. The van der Waals surface area contributed by atoms with Crippen molar-refractivity contribution in [2.24, 2.45) is 0 Å². The number of para-hydroxylation sites is 2. The third-order valence-corrected chi connectivity index (χ3v) is 5.52. The van der Waals surface area contributed by atoms with Gasteiger partial charge < -0.3 is 9.47 Å². The van der Waals surface area contributed by atoms with Gasteiger partial charge in [0, 0.05) is 26.0 Å². The number of aryl methyl sites for hydroxylation is 3. The van der Waals surface area contributed by atoms with E-state index < -0.39 is 0 Å². The molecule has 0 radical (unpaired) electrons. The van der Waals surface area contributed by atoms with Crippen molar-refractivity contribution in [3.63, 3.8) is 0 Å². The van der Waals surface area contributed by atoms with E-state index in [1.165, 1.54) is 22.3 Å². The van der Waals surface area contributed by atoms with Gasteiger partial charge in [0.1, 0.15) is 5.82 Å². The molecule has 0 aliphatic carbocycles. The van der Waals surface area contributed by atoms with Crippen LogP contribution in [-0.2, 0) is 13.1 Å². The van der Waals surface area contributed by atoms with E-state index in [2.05, 4.69) is 48.5 Å². The lowest BCUT2D eigenvalue weighted by molar-refractivity contribution is 0.0780. The van der Waals surface area contributed by atoms with Gasteiger partial charge in [0.25, 0.3) is 5.91 Å². The quantitative estimate of drug-likeness (QED) is 0.491. The summed E-state index contributed by atoms with van der Waals surface area (Å²) in [6, 6.07) is 16.1. The number of amides is 1. The fraction of sp³-hybridized carbons (Fsp3) is 0.240. The van der Waals surface area contributed by atoms with Crippen molar-refractivity contribution in [2.45, 2.75) is 33.9 Å². The maximum absolute atomic E-state index is 12.8. The summed E-state index contributed by atoms with van der Waals surface area (Å²) in [6.07, 6.45) is 3.27. The summed E-state index contributed by atoms with van der Waals surface area (Å²) in [7, 11) is 1.81. The summed E-state index contributed by atoms with van der Waals surface area (Å²) in [5.74, 6) is 0.805. The highest BCUT2D eigenvalue weighted by Crippen LogP contribution is 2.23. The van der Waals surface area contributed by atoms with E-state index in [0.717, 1.165) is 23.4 Å². The van der Waals surface area contributed by atoms with Crippen LogP contribution in [0.2, 0.25) is 0 Å². The SMILES string of the molecule is Cc1cc(C)c(Cn2c(CN(C)C(=O)c3cccnc3)nc3ccccc32)c(C)c1. The largest absolute Gasteiger partial charge is 0.334 e. The van der Waals surface area contributed by atoms with Gasteiger partial charge in [-0.2, -0.15) is 0 Å². The van der Waals surface area contributed by atoms with Gasteiger partial charge in [-0.3, -0.25) is 9.78 Å². The van der Waals surface area contributed by atoms with Gasteiger partial charge in [-0.15, -0.1) is 0 Å². The molecule has 2 aromatic heterocycles. The number of pyridine rings is 1. The van der Waals surface area contributed by atoms with E-state index in [0.29, 0.717) is 12.1 Å². The van der Waals surface area contributed by atoms with Crippen LogP contribution in [0.5, 0.6) is 0 Å². The molecular formula is C25H26N4O. The Morgan fingerprint density at radius 2 is 1.77 bits per heavy atom. The second kappa shape index (κ2) is 8.11. The van der Waals surface area contributed by atoms with Crippen LogP contribution in [0.15, 0.2) is 60.9 Å². The molecule has 1 amide bonds. The van der Waals surface area contributed by atoms with Crippen LogP contribution in [-0.4, -0.2) is 32.4 Å². The number of benzene rings is 2. The summed E-state index contributed by atoms with van der Waals surface area (Å²) in [6.45, 7) is 7.59. The summed E-state index contributed by atoms with van der Waals surface area (Å²) in [4.78, 5) is 23.4. The molecule has 0 spiro atoms. The van der Waals surface area contributed by atoms with Gasteiger partial charge in [-0.1, -0.05) is 29.8 Å². The molecule has 4 aromatic rings. The topological polar surface area (TPSA) is 51.0 Å². The van der Waals surface area contributed by atoms with Gasteiger partial charge in [0.15, 0.2) is 0 Å². The third kappa shape index (κ3) is 3.83. The molecule has 0 bridgehead atoms. The van der Waals surface area contributed by atoms with Crippen molar-refractivity contribution in [1.29, 1.82) is 0 Å². The number of aromatic nitrogens is 3. The number of hydrogen-bond acceptors (Lipinski definition) is 3. The van der Waals surface area contributed by atoms with Crippen LogP contribution in [0.25, 0.3) is 11.0 Å². The van der Waals surface area contributed by atoms with Crippen molar-refractivity contribution in [3.05, 3.63) is 94.6 Å². The van der Waals surface area contributed by atoms with Crippen LogP contribution < -0.4 is 0 Å². The van der Waals surface area contributed by atoms with E-state index in [4.69, 9.17) is 4.98 Å². The van der Waals surface area contributed by atoms with Crippen LogP contribution in [0.3, 0.4) is 0 Å². The van der Waals surface area contributed by atoms with Crippen LogP contribution in [0.4, 0.5) is 0 Å². The second-order valence-corrected chi connectivity index (χ2v) is 7.88. The minimum atomic E-state index is -0.0654. The minimum absolute atomic E-state index is 0.0654. The Balaban J connectivity index is 1.72. The second-order valence-electron chi connectivity index (χ2n) is 7.88. The molecule has 0 aliphatic heterocycles. The molecule has 0 aliphatic rings. The molecule has 0 atom stereocenters. The van der Waals surface area contributed by atoms with Crippen LogP contribution >= 0.6 is 0 Å². The van der Waals surface area contributed by atoms with Gasteiger partial charge in [0.2, 0.25) is 0 Å². The average Bonchev–Trinajstić information content (AvgIpc) is 3.07. The minimum Gasteiger partial charge on any atom is -0.334 e. The predicted octanol–water partition coefficient (Wildman–Crippen LogP) is 4.68. The number of hydrogen-bond donors (Lipinski definition) is 0. The first-order valence-corrected chi connectivity index (χ1v) is 10.1. The summed E-state index contributed by atoms with van der Waals surface area (Å²) in [5, 5.41) is 0. The average molecular weight is 399 g/mol. The maximum Gasteiger partial charge on any atom is 0.255 e. The highest BCUT2D eigenvalue weighted by molar-refractivity contribution is 5.93. The van der Waals surface area contributed by atoms with Gasteiger partial charge in [0.05, 0.1) is 23.1 Å². The summed E-state index contributed by atoms with van der Waals surface area (Å²) in [5.41, 5.74) is 7.71. The fourth-order valence-corrected chi connectivity index (χ4v) is 4.03. The highest BCUT2D eigenvalue weighted by atomic mass is 16.2. The number of rotatable bonds is 5.